The van der Waals surface area contributed by atoms with Gasteiger partial charge < -0.3 is 14.9 Å². The van der Waals surface area contributed by atoms with E-state index < -0.39 is 0 Å². The molecule has 3 heterocycles. The summed E-state index contributed by atoms with van der Waals surface area (Å²) < 4.78 is 0. The SMILES string of the molecule is CCCC#Cc1ccc([C@@H]2[C@H]3CN(C(=O)c4ccccn4)CC(=O)N3[C@H]2CO)cc1. The van der Waals surface area contributed by atoms with Gasteiger partial charge in [0.25, 0.3) is 5.91 Å². The number of hydrogen-bond donors (Lipinski definition) is 1. The quantitative estimate of drug-likeness (QED) is 0.793. The van der Waals surface area contributed by atoms with Crippen molar-refractivity contribution in [3.8, 4) is 11.8 Å². The van der Waals surface area contributed by atoms with Crippen molar-refractivity contribution in [3.05, 3.63) is 65.5 Å². The van der Waals surface area contributed by atoms with Gasteiger partial charge in [0, 0.05) is 30.6 Å². The Labute approximate surface area is 176 Å². The number of carbonyl (C=O) groups excluding carboxylic acids is 2. The molecule has 2 amide bonds. The van der Waals surface area contributed by atoms with Gasteiger partial charge in [0.05, 0.1) is 18.7 Å². The lowest BCUT2D eigenvalue weighted by atomic mass is 9.73. The molecule has 4 rings (SSSR count). The fourth-order valence-corrected chi connectivity index (χ4v) is 4.38. The minimum absolute atomic E-state index is 0.0150. The smallest absolute Gasteiger partial charge is 0.272 e. The van der Waals surface area contributed by atoms with Gasteiger partial charge in [-0.15, -0.1) is 0 Å². The number of aliphatic hydroxyl groups is 1. The van der Waals surface area contributed by atoms with Gasteiger partial charge in [0.15, 0.2) is 0 Å². The molecular formula is C24H25N3O3. The van der Waals surface area contributed by atoms with Crippen molar-refractivity contribution < 1.29 is 14.7 Å². The number of amides is 2. The van der Waals surface area contributed by atoms with Crippen LogP contribution < -0.4 is 0 Å². The molecule has 2 saturated heterocycles. The molecule has 2 aliphatic heterocycles. The molecule has 2 aromatic rings. The van der Waals surface area contributed by atoms with E-state index >= 15 is 0 Å². The number of carbonyl (C=O) groups is 2. The highest BCUT2D eigenvalue weighted by Gasteiger charge is 2.54. The lowest BCUT2D eigenvalue weighted by molar-refractivity contribution is -0.159. The van der Waals surface area contributed by atoms with Crippen molar-refractivity contribution >= 4 is 11.8 Å². The summed E-state index contributed by atoms with van der Waals surface area (Å²) in [7, 11) is 0. The van der Waals surface area contributed by atoms with E-state index in [2.05, 4.69) is 23.7 Å². The van der Waals surface area contributed by atoms with Crippen LogP contribution in [-0.2, 0) is 4.79 Å². The molecule has 154 valence electrons. The van der Waals surface area contributed by atoms with E-state index in [9.17, 15) is 14.7 Å². The number of aromatic nitrogens is 1. The van der Waals surface area contributed by atoms with Crippen LogP contribution in [-0.4, -0.2) is 63.5 Å². The van der Waals surface area contributed by atoms with Crippen LogP contribution in [0, 0.1) is 11.8 Å². The molecule has 2 fully saturated rings. The highest BCUT2D eigenvalue weighted by molar-refractivity contribution is 5.96. The molecule has 6 heteroatoms. The fraction of sp³-hybridized carbons (Fsp3) is 0.375. The van der Waals surface area contributed by atoms with E-state index in [0.717, 1.165) is 24.0 Å². The predicted octanol–water partition coefficient (Wildman–Crippen LogP) is 2.04. The number of pyridine rings is 1. The van der Waals surface area contributed by atoms with Crippen LogP contribution in [0.15, 0.2) is 48.7 Å². The molecule has 1 aromatic heterocycles. The topological polar surface area (TPSA) is 73.7 Å². The maximum atomic E-state index is 12.8. The second-order valence-electron chi connectivity index (χ2n) is 7.72. The van der Waals surface area contributed by atoms with Gasteiger partial charge in [-0.05, 0) is 36.2 Å². The first-order chi connectivity index (χ1) is 14.6. The molecule has 0 radical (unpaired) electrons. The Balaban J connectivity index is 1.54. The molecular weight excluding hydrogens is 378 g/mol. The van der Waals surface area contributed by atoms with Crippen LogP contribution >= 0.6 is 0 Å². The van der Waals surface area contributed by atoms with Crippen LogP contribution in [0.3, 0.4) is 0 Å². The molecule has 1 aromatic carbocycles. The van der Waals surface area contributed by atoms with Crippen LogP contribution in [0.5, 0.6) is 0 Å². The summed E-state index contributed by atoms with van der Waals surface area (Å²) in [6, 6.07) is 12.8. The van der Waals surface area contributed by atoms with E-state index in [4.69, 9.17) is 0 Å². The van der Waals surface area contributed by atoms with E-state index in [1.807, 2.05) is 24.3 Å². The summed E-state index contributed by atoms with van der Waals surface area (Å²) in [5.41, 5.74) is 2.34. The van der Waals surface area contributed by atoms with Gasteiger partial charge in [-0.25, -0.2) is 0 Å². The molecule has 6 nitrogen and oxygen atoms in total. The van der Waals surface area contributed by atoms with E-state index in [1.54, 1.807) is 34.2 Å². The van der Waals surface area contributed by atoms with E-state index in [1.165, 1.54) is 0 Å². The number of fused-ring (bicyclic) bond motifs is 1. The van der Waals surface area contributed by atoms with Gasteiger partial charge in [-0.2, -0.15) is 0 Å². The van der Waals surface area contributed by atoms with Crippen molar-refractivity contribution in [1.82, 2.24) is 14.8 Å². The number of piperazine rings is 1. The van der Waals surface area contributed by atoms with Crippen LogP contribution in [0.1, 0.15) is 47.3 Å². The van der Waals surface area contributed by atoms with Crippen molar-refractivity contribution in [3.63, 3.8) is 0 Å². The largest absolute Gasteiger partial charge is 0.394 e. The second-order valence-corrected chi connectivity index (χ2v) is 7.72. The Morgan fingerprint density at radius 1 is 1.23 bits per heavy atom. The zero-order valence-corrected chi connectivity index (χ0v) is 17.0. The Morgan fingerprint density at radius 2 is 2.03 bits per heavy atom. The first kappa shape index (κ1) is 20.1. The Kier molecular flexibility index (Phi) is 5.82. The normalized spacial score (nSPS) is 22.6. The zero-order valence-electron chi connectivity index (χ0n) is 17.0. The second kappa shape index (κ2) is 8.68. The number of aliphatic hydroxyl groups excluding tert-OH is 1. The van der Waals surface area contributed by atoms with E-state index in [0.29, 0.717) is 12.2 Å². The summed E-state index contributed by atoms with van der Waals surface area (Å²) in [6.07, 6.45) is 3.48. The van der Waals surface area contributed by atoms with Crippen LogP contribution in [0.25, 0.3) is 0 Å². The summed E-state index contributed by atoms with van der Waals surface area (Å²) in [4.78, 5) is 33.0. The van der Waals surface area contributed by atoms with Crippen molar-refractivity contribution in [1.29, 1.82) is 0 Å². The van der Waals surface area contributed by atoms with Gasteiger partial charge >= 0.3 is 0 Å². The van der Waals surface area contributed by atoms with Crippen molar-refractivity contribution in [2.45, 2.75) is 37.8 Å². The number of unbranched alkanes of at least 4 members (excludes halogenated alkanes) is 1. The molecule has 0 bridgehead atoms. The van der Waals surface area contributed by atoms with Crippen LogP contribution in [0.4, 0.5) is 0 Å². The molecule has 3 atom stereocenters. The molecule has 30 heavy (non-hydrogen) atoms. The summed E-state index contributed by atoms with van der Waals surface area (Å²) >= 11 is 0. The third-order valence-corrected chi connectivity index (χ3v) is 5.83. The Bertz CT molecular complexity index is 978. The number of rotatable bonds is 4. The third kappa shape index (κ3) is 3.69. The Morgan fingerprint density at radius 3 is 2.70 bits per heavy atom. The highest BCUT2D eigenvalue weighted by Crippen LogP contribution is 2.43. The molecule has 0 saturated carbocycles. The maximum Gasteiger partial charge on any atom is 0.272 e. The van der Waals surface area contributed by atoms with Crippen molar-refractivity contribution in [2.75, 3.05) is 19.7 Å². The molecule has 2 aliphatic rings. The zero-order chi connectivity index (χ0) is 21.1. The van der Waals surface area contributed by atoms with Gasteiger partial charge in [0.1, 0.15) is 12.2 Å². The third-order valence-electron chi connectivity index (χ3n) is 5.83. The standard InChI is InChI=1S/C24H25N3O3/c1-2-3-4-7-17-9-11-18(12-10-17)23-20-14-26(15-22(29)27(20)21(23)16-28)24(30)19-8-5-6-13-25-19/h5-6,8-13,20-21,23,28H,2-3,14-16H2,1H3/t20-,21+,23-/m1/s1. The Hall–Kier alpha value is -3.17. The molecule has 0 aliphatic carbocycles. The van der Waals surface area contributed by atoms with Gasteiger partial charge in [0.2, 0.25) is 5.91 Å². The predicted molar refractivity (Wildman–Crippen MR) is 113 cm³/mol. The summed E-state index contributed by atoms with van der Waals surface area (Å²) in [5, 5.41) is 9.92. The van der Waals surface area contributed by atoms with Gasteiger partial charge in [-0.1, -0.05) is 37.0 Å². The molecule has 1 N–H and O–H groups in total. The monoisotopic (exact) mass is 403 g/mol. The average molecular weight is 403 g/mol. The first-order valence-electron chi connectivity index (χ1n) is 10.3. The summed E-state index contributed by atoms with van der Waals surface area (Å²) in [5.74, 6) is 5.90. The lowest BCUT2D eigenvalue weighted by Gasteiger charge is -2.58. The van der Waals surface area contributed by atoms with Crippen LogP contribution in [0.2, 0.25) is 0 Å². The molecule has 0 unspecified atom stereocenters. The van der Waals surface area contributed by atoms with Gasteiger partial charge in [-0.3, -0.25) is 14.6 Å². The highest BCUT2D eigenvalue weighted by atomic mass is 16.3. The van der Waals surface area contributed by atoms with E-state index in [-0.39, 0.29) is 43.0 Å². The minimum atomic E-state index is -0.258. The average Bonchev–Trinajstić information content (AvgIpc) is 2.76. The minimum Gasteiger partial charge on any atom is -0.394 e. The summed E-state index contributed by atoms with van der Waals surface area (Å²) in [6.45, 7) is 2.45. The van der Waals surface area contributed by atoms with Crippen molar-refractivity contribution in [2.24, 2.45) is 0 Å². The lowest BCUT2D eigenvalue weighted by Crippen LogP contribution is -2.73. The first-order valence-corrected chi connectivity index (χ1v) is 10.3. The molecule has 0 spiro atoms. The number of hydrogen-bond acceptors (Lipinski definition) is 4. The maximum absolute atomic E-state index is 12.8. The fourth-order valence-electron chi connectivity index (χ4n) is 4.38. The number of nitrogens with zero attached hydrogens (tertiary/aromatic N) is 3. The number of benzene rings is 1.